The zero-order valence-electron chi connectivity index (χ0n) is 10.4. The monoisotopic (exact) mass is 244 g/mol. The van der Waals surface area contributed by atoms with Gasteiger partial charge in [-0.2, -0.15) is 0 Å². The molecule has 1 fully saturated rings. The molecule has 0 aromatic heterocycles. The molecule has 0 bridgehead atoms. The molecule has 0 atom stereocenters. The molecule has 1 aliphatic heterocycles. The summed E-state index contributed by atoms with van der Waals surface area (Å²) in [6.45, 7) is 1.83. The number of piperidine rings is 1. The number of amides is 2. The molecule has 17 heavy (non-hydrogen) atoms. The molecule has 2 amide bonds. The Labute approximate surface area is 101 Å². The molecule has 6 heteroatoms. The molecule has 1 saturated heterocycles. The summed E-state index contributed by atoms with van der Waals surface area (Å²) in [5.74, 6) is -0.482. The fourth-order valence-electron chi connectivity index (χ4n) is 2.04. The Hall–Kier alpha value is -1.30. The first-order valence-corrected chi connectivity index (χ1v) is 5.75. The molecule has 0 aromatic rings. The van der Waals surface area contributed by atoms with Crippen LogP contribution in [0.15, 0.2) is 0 Å². The largest absolute Gasteiger partial charge is 0.480 e. The molecule has 0 spiro atoms. The highest BCUT2D eigenvalue weighted by atomic mass is 16.5. The molecule has 0 aliphatic carbocycles. The van der Waals surface area contributed by atoms with E-state index in [4.69, 9.17) is 9.84 Å². The number of carbonyl (C=O) groups excluding carboxylic acids is 1. The second-order valence-electron chi connectivity index (χ2n) is 4.42. The fraction of sp³-hybridized carbons (Fsp3) is 0.818. The summed E-state index contributed by atoms with van der Waals surface area (Å²) in [5, 5.41) is 8.61. The van der Waals surface area contributed by atoms with Gasteiger partial charge in [0.25, 0.3) is 0 Å². The van der Waals surface area contributed by atoms with Crippen molar-refractivity contribution in [1.82, 2.24) is 9.80 Å². The number of hydrogen-bond donors (Lipinski definition) is 1. The van der Waals surface area contributed by atoms with Crippen LogP contribution in [-0.2, 0) is 9.53 Å². The van der Waals surface area contributed by atoms with E-state index in [0.29, 0.717) is 19.0 Å². The normalized spacial score (nSPS) is 16.9. The van der Waals surface area contributed by atoms with Crippen molar-refractivity contribution >= 4 is 12.0 Å². The number of methoxy groups -OCH3 is 1. The van der Waals surface area contributed by atoms with Gasteiger partial charge < -0.3 is 19.6 Å². The van der Waals surface area contributed by atoms with Crippen molar-refractivity contribution in [2.24, 2.45) is 5.92 Å². The maximum atomic E-state index is 11.9. The van der Waals surface area contributed by atoms with E-state index < -0.39 is 5.97 Å². The van der Waals surface area contributed by atoms with Crippen LogP contribution in [0.4, 0.5) is 4.79 Å². The number of hydrogen-bond acceptors (Lipinski definition) is 3. The molecule has 1 rings (SSSR count). The minimum atomic E-state index is -0.991. The molecule has 0 unspecified atom stereocenters. The van der Waals surface area contributed by atoms with Gasteiger partial charge >= 0.3 is 12.0 Å². The van der Waals surface area contributed by atoms with Gasteiger partial charge in [-0.15, -0.1) is 0 Å². The van der Waals surface area contributed by atoms with Crippen LogP contribution in [0.5, 0.6) is 0 Å². The second kappa shape index (κ2) is 6.44. The van der Waals surface area contributed by atoms with Crippen molar-refractivity contribution in [2.75, 3.05) is 40.4 Å². The number of rotatable bonds is 4. The van der Waals surface area contributed by atoms with Gasteiger partial charge in [-0.25, -0.2) is 4.79 Å². The van der Waals surface area contributed by atoms with E-state index in [0.717, 1.165) is 19.4 Å². The topological polar surface area (TPSA) is 70.1 Å². The zero-order valence-corrected chi connectivity index (χ0v) is 10.4. The number of nitrogens with zero attached hydrogens (tertiary/aromatic N) is 2. The number of carbonyl (C=O) groups is 2. The lowest BCUT2D eigenvalue weighted by Gasteiger charge is -2.33. The molecule has 98 valence electrons. The summed E-state index contributed by atoms with van der Waals surface area (Å²) >= 11 is 0. The van der Waals surface area contributed by atoms with Crippen LogP contribution in [-0.4, -0.2) is 67.3 Å². The van der Waals surface area contributed by atoms with Gasteiger partial charge in [0, 0.05) is 33.9 Å². The Morgan fingerprint density at radius 3 is 2.47 bits per heavy atom. The third kappa shape index (κ3) is 4.22. The van der Waals surface area contributed by atoms with Gasteiger partial charge in [-0.3, -0.25) is 4.79 Å². The summed E-state index contributed by atoms with van der Waals surface area (Å²) in [6.07, 6.45) is 1.83. The summed E-state index contributed by atoms with van der Waals surface area (Å²) in [7, 11) is 3.19. The minimum Gasteiger partial charge on any atom is -0.480 e. The first-order chi connectivity index (χ1) is 8.04. The molecule has 0 radical (unpaired) electrons. The third-order valence-electron chi connectivity index (χ3n) is 2.99. The lowest BCUT2D eigenvalue weighted by molar-refractivity contribution is -0.137. The molecule has 1 N–H and O–H groups in total. The fourth-order valence-corrected chi connectivity index (χ4v) is 2.04. The number of likely N-dealkylation sites (tertiary alicyclic amines) is 1. The van der Waals surface area contributed by atoms with E-state index in [-0.39, 0.29) is 12.6 Å². The van der Waals surface area contributed by atoms with Crippen LogP contribution in [0.25, 0.3) is 0 Å². The van der Waals surface area contributed by atoms with Gasteiger partial charge in [0.1, 0.15) is 6.54 Å². The van der Waals surface area contributed by atoms with Crippen LogP contribution >= 0.6 is 0 Å². The summed E-state index contributed by atoms with van der Waals surface area (Å²) in [5.41, 5.74) is 0. The first-order valence-electron chi connectivity index (χ1n) is 5.75. The second-order valence-corrected chi connectivity index (χ2v) is 4.42. The number of carboxylic acid groups (broad SMARTS) is 1. The van der Waals surface area contributed by atoms with Crippen molar-refractivity contribution in [3.63, 3.8) is 0 Å². The average Bonchev–Trinajstić information content (AvgIpc) is 2.28. The van der Waals surface area contributed by atoms with Gasteiger partial charge in [-0.1, -0.05) is 0 Å². The predicted octanol–water partition coefficient (Wildman–Crippen LogP) is 0.481. The maximum absolute atomic E-state index is 11.9. The van der Waals surface area contributed by atoms with Crippen molar-refractivity contribution < 1.29 is 19.4 Å². The number of ether oxygens (including phenoxy) is 1. The molecule has 6 nitrogen and oxygen atoms in total. The van der Waals surface area contributed by atoms with Crippen LogP contribution in [0.2, 0.25) is 0 Å². The number of aliphatic carboxylic acids is 1. The lowest BCUT2D eigenvalue weighted by atomic mass is 9.98. The van der Waals surface area contributed by atoms with Crippen molar-refractivity contribution in [3.05, 3.63) is 0 Å². The van der Waals surface area contributed by atoms with E-state index in [1.807, 2.05) is 0 Å². The maximum Gasteiger partial charge on any atom is 0.323 e. The van der Waals surface area contributed by atoms with E-state index >= 15 is 0 Å². The predicted molar refractivity (Wildman–Crippen MR) is 61.8 cm³/mol. The molecular weight excluding hydrogens is 224 g/mol. The van der Waals surface area contributed by atoms with Crippen LogP contribution in [0.1, 0.15) is 12.8 Å². The highest BCUT2D eigenvalue weighted by Gasteiger charge is 2.25. The molecule has 1 aliphatic rings. The Balaban J connectivity index is 2.37. The summed E-state index contributed by atoms with van der Waals surface area (Å²) in [6, 6.07) is -0.205. The van der Waals surface area contributed by atoms with E-state index in [2.05, 4.69) is 0 Å². The molecular formula is C11H20N2O4. The highest BCUT2D eigenvalue weighted by Crippen LogP contribution is 2.18. The van der Waals surface area contributed by atoms with Crippen molar-refractivity contribution in [2.45, 2.75) is 12.8 Å². The first kappa shape index (κ1) is 13.8. The molecule has 1 heterocycles. The number of likely N-dealkylation sites (N-methyl/N-ethyl adjacent to an activating group) is 1. The molecule has 0 aromatic carbocycles. The van der Waals surface area contributed by atoms with Gasteiger partial charge in [0.15, 0.2) is 0 Å². The zero-order chi connectivity index (χ0) is 12.8. The number of carboxylic acids is 1. The van der Waals surface area contributed by atoms with Gasteiger partial charge in [0.2, 0.25) is 0 Å². The standard InChI is InChI=1S/C11H20N2O4/c1-12(7-10(14)15)11(16)13-5-3-9(4-6-13)8-17-2/h9H,3-8H2,1-2H3,(H,14,15). The van der Waals surface area contributed by atoms with Crippen molar-refractivity contribution in [1.29, 1.82) is 0 Å². The Morgan fingerprint density at radius 2 is 2.00 bits per heavy atom. The van der Waals surface area contributed by atoms with Crippen LogP contribution in [0, 0.1) is 5.92 Å². The third-order valence-corrected chi connectivity index (χ3v) is 2.99. The Bertz CT molecular complexity index is 275. The van der Waals surface area contributed by atoms with Crippen LogP contribution in [0.3, 0.4) is 0 Å². The molecule has 0 saturated carbocycles. The Kier molecular flexibility index (Phi) is 5.21. The smallest absolute Gasteiger partial charge is 0.323 e. The van der Waals surface area contributed by atoms with Gasteiger partial charge in [-0.05, 0) is 18.8 Å². The van der Waals surface area contributed by atoms with Crippen molar-refractivity contribution in [3.8, 4) is 0 Å². The summed E-state index contributed by atoms with van der Waals surface area (Å²) in [4.78, 5) is 25.3. The average molecular weight is 244 g/mol. The highest BCUT2D eigenvalue weighted by molar-refractivity contribution is 5.79. The SMILES string of the molecule is COCC1CCN(C(=O)N(C)CC(=O)O)CC1. The van der Waals surface area contributed by atoms with E-state index in [9.17, 15) is 9.59 Å². The van der Waals surface area contributed by atoms with Gasteiger partial charge in [0.05, 0.1) is 0 Å². The van der Waals surface area contributed by atoms with E-state index in [1.165, 1.54) is 11.9 Å². The van der Waals surface area contributed by atoms with E-state index in [1.54, 1.807) is 12.0 Å². The minimum absolute atomic E-state index is 0.205. The Morgan fingerprint density at radius 1 is 1.41 bits per heavy atom. The van der Waals surface area contributed by atoms with Crippen LogP contribution < -0.4 is 0 Å². The lowest BCUT2D eigenvalue weighted by Crippen LogP contribution is -2.47. The quantitative estimate of drug-likeness (QED) is 0.781. The summed E-state index contributed by atoms with van der Waals surface area (Å²) < 4.78 is 5.09. The number of urea groups is 1.